The molecule has 2 aromatic carbocycles. The predicted molar refractivity (Wildman–Crippen MR) is 79.4 cm³/mol. The zero-order valence-corrected chi connectivity index (χ0v) is 11.8. The van der Waals surface area contributed by atoms with Gasteiger partial charge in [0.15, 0.2) is 0 Å². The van der Waals surface area contributed by atoms with Crippen LogP contribution in [-0.2, 0) is 6.54 Å². The first kappa shape index (κ1) is 13.5. The third-order valence-corrected chi connectivity index (χ3v) is 3.39. The Bertz CT molecular complexity index is 642. The molecule has 0 saturated carbocycles. The quantitative estimate of drug-likeness (QED) is 0.895. The highest BCUT2D eigenvalue weighted by molar-refractivity contribution is 6.32. The number of aryl methyl sites for hydroxylation is 2. The summed E-state index contributed by atoms with van der Waals surface area (Å²) in [6.07, 6.45) is 0. The first-order valence-corrected chi connectivity index (χ1v) is 6.47. The SMILES string of the molecule is Cc1ccc(C)c(CNc2ccc(C#N)c(Cl)c2)c1. The molecule has 0 aromatic heterocycles. The van der Waals surface area contributed by atoms with Crippen molar-refractivity contribution in [2.75, 3.05) is 5.32 Å². The van der Waals surface area contributed by atoms with Crippen LogP contribution in [0.25, 0.3) is 0 Å². The van der Waals surface area contributed by atoms with E-state index in [9.17, 15) is 0 Å². The van der Waals surface area contributed by atoms with Gasteiger partial charge in [0.25, 0.3) is 0 Å². The van der Waals surface area contributed by atoms with Crippen molar-refractivity contribution in [2.45, 2.75) is 20.4 Å². The summed E-state index contributed by atoms with van der Waals surface area (Å²) in [7, 11) is 0. The van der Waals surface area contributed by atoms with Crippen molar-refractivity contribution in [1.82, 2.24) is 0 Å². The molecule has 2 aromatic rings. The van der Waals surface area contributed by atoms with Gasteiger partial charge in [0.05, 0.1) is 10.6 Å². The largest absolute Gasteiger partial charge is 0.381 e. The summed E-state index contributed by atoms with van der Waals surface area (Å²) in [6.45, 7) is 4.93. The number of nitrogens with one attached hydrogen (secondary N) is 1. The van der Waals surface area contributed by atoms with Crippen LogP contribution in [0.4, 0.5) is 5.69 Å². The van der Waals surface area contributed by atoms with Crippen LogP contribution in [0.1, 0.15) is 22.3 Å². The fourth-order valence-electron chi connectivity index (χ4n) is 1.90. The van der Waals surface area contributed by atoms with Crippen LogP contribution in [0.2, 0.25) is 5.02 Å². The highest BCUT2D eigenvalue weighted by atomic mass is 35.5. The Balaban J connectivity index is 2.13. The predicted octanol–water partition coefficient (Wildman–Crippen LogP) is 4.44. The maximum absolute atomic E-state index is 8.83. The van der Waals surface area contributed by atoms with Gasteiger partial charge in [-0.2, -0.15) is 5.26 Å². The van der Waals surface area contributed by atoms with E-state index in [4.69, 9.17) is 16.9 Å². The van der Waals surface area contributed by atoms with Gasteiger partial charge in [-0.05, 0) is 43.2 Å². The third kappa shape index (κ3) is 3.27. The molecule has 0 bridgehead atoms. The summed E-state index contributed by atoms with van der Waals surface area (Å²) < 4.78 is 0. The second-order valence-electron chi connectivity index (χ2n) is 4.59. The third-order valence-electron chi connectivity index (χ3n) is 3.08. The van der Waals surface area contributed by atoms with Gasteiger partial charge in [0, 0.05) is 12.2 Å². The Hall–Kier alpha value is -1.98. The first-order valence-electron chi connectivity index (χ1n) is 6.10. The summed E-state index contributed by atoms with van der Waals surface area (Å²) in [4.78, 5) is 0. The molecule has 96 valence electrons. The lowest BCUT2D eigenvalue weighted by atomic mass is 10.1. The minimum absolute atomic E-state index is 0.480. The van der Waals surface area contributed by atoms with E-state index >= 15 is 0 Å². The van der Waals surface area contributed by atoms with Gasteiger partial charge in [-0.1, -0.05) is 35.4 Å². The molecule has 0 heterocycles. The van der Waals surface area contributed by atoms with E-state index in [1.54, 1.807) is 12.1 Å². The minimum Gasteiger partial charge on any atom is -0.381 e. The van der Waals surface area contributed by atoms with Crippen LogP contribution in [0.5, 0.6) is 0 Å². The van der Waals surface area contributed by atoms with Gasteiger partial charge in [0.2, 0.25) is 0 Å². The van der Waals surface area contributed by atoms with Gasteiger partial charge >= 0.3 is 0 Å². The molecule has 0 aliphatic carbocycles. The zero-order chi connectivity index (χ0) is 13.8. The summed E-state index contributed by atoms with van der Waals surface area (Å²) >= 11 is 6.01. The summed E-state index contributed by atoms with van der Waals surface area (Å²) in [5.41, 5.74) is 5.20. The molecule has 0 aliphatic heterocycles. The highest BCUT2D eigenvalue weighted by Crippen LogP contribution is 2.21. The summed E-state index contributed by atoms with van der Waals surface area (Å²) in [6, 6.07) is 13.8. The van der Waals surface area contributed by atoms with Crippen molar-refractivity contribution < 1.29 is 0 Å². The van der Waals surface area contributed by atoms with Gasteiger partial charge in [-0.15, -0.1) is 0 Å². The normalized spacial score (nSPS) is 10.0. The molecule has 3 heteroatoms. The molecular weight excluding hydrogens is 256 g/mol. The van der Waals surface area contributed by atoms with Crippen molar-refractivity contribution >= 4 is 17.3 Å². The highest BCUT2D eigenvalue weighted by Gasteiger charge is 2.02. The lowest BCUT2D eigenvalue weighted by Gasteiger charge is -2.10. The Kier molecular flexibility index (Phi) is 4.09. The maximum atomic E-state index is 8.83. The lowest BCUT2D eigenvalue weighted by Crippen LogP contribution is -2.01. The molecule has 2 nitrogen and oxygen atoms in total. The summed E-state index contributed by atoms with van der Waals surface area (Å²) in [5, 5.41) is 12.6. The average Bonchev–Trinajstić information content (AvgIpc) is 2.40. The molecule has 2 rings (SSSR count). The topological polar surface area (TPSA) is 35.8 Å². The molecule has 1 N–H and O–H groups in total. The maximum Gasteiger partial charge on any atom is 0.101 e. The molecule has 0 fully saturated rings. The monoisotopic (exact) mass is 270 g/mol. The number of hydrogen-bond donors (Lipinski definition) is 1. The molecule has 0 amide bonds. The number of nitrogens with zero attached hydrogens (tertiary/aromatic N) is 1. The van der Waals surface area contributed by atoms with E-state index in [-0.39, 0.29) is 0 Å². The van der Waals surface area contributed by atoms with Crippen LogP contribution in [0.15, 0.2) is 36.4 Å². The molecule has 0 unspecified atom stereocenters. The fraction of sp³-hybridized carbons (Fsp3) is 0.188. The van der Waals surface area contributed by atoms with Crippen LogP contribution in [0, 0.1) is 25.2 Å². The van der Waals surface area contributed by atoms with Gasteiger partial charge in [-0.25, -0.2) is 0 Å². The smallest absolute Gasteiger partial charge is 0.101 e. The van der Waals surface area contributed by atoms with E-state index in [2.05, 4.69) is 43.4 Å². The van der Waals surface area contributed by atoms with E-state index in [0.717, 1.165) is 12.2 Å². The number of benzene rings is 2. The van der Waals surface area contributed by atoms with Gasteiger partial charge < -0.3 is 5.32 Å². The fourth-order valence-corrected chi connectivity index (χ4v) is 2.13. The van der Waals surface area contributed by atoms with E-state index < -0.39 is 0 Å². The van der Waals surface area contributed by atoms with Gasteiger partial charge in [-0.3, -0.25) is 0 Å². The van der Waals surface area contributed by atoms with Crippen molar-refractivity contribution in [3.8, 4) is 6.07 Å². The van der Waals surface area contributed by atoms with Crippen molar-refractivity contribution in [3.05, 3.63) is 63.7 Å². The number of hydrogen-bond acceptors (Lipinski definition) is 2. The molecule has 19 heavy (non-hydrogen) atoms. The second-order valence-corrected chi connectivity index (χ2v) is 5.00. The summed E-state index contributed by atoms with van der Waals surface area (Å²) in [5.74, 6) is 0. The minimum atomic E-state index is 0.480. The van der Waals surface area contributed by atoms with Crippen LogP contribution < -0.4 is 5.32 Å². The van der Waals surface area contributed by atoms with E-state index in [1.165, 1.54) is 16.7 Å². The zero-order valence-electron chi connectivity index (χ0n) is 11.0. The average molecular weight is 271 g/mol. The van der Waals surface area contributed by atoms with Gasteiger partial charge in [0.1, 0.15) is 6.07 Å². The number of rotatable bonds is 3. The molecule has 0 aliphatic rings. The standard InChI is InChI=1S/C16H15ClN2/c1-11-3-4-12(2)14(7-11)10-19-15-6-5-13(9-18)16(17)8-15/h3-8,19H,10H2,1-2H3. The molecule has 0 spiro atoms. The number of nitriles is 1. The Morgan fingerprint density at radius 3 is 2.63 bits per heavy atom. The Morgan fingerprint density at radius 1 is 1.16 bits per heavy atom. The van der Waals surface area contributed by atoms with Crippen molar-refractivity contribution in [1.29, 1.82) is 5.26 Å². The molecule has 0 radical (unpaired) electrons. The van der Waals surface area contributed by atoms with E-state index in [1.807, 2.05) is 6.07 Å². The van der Waals surface area contributed by atoms with Crippen molar-refractivity contribution in [3.63, 3.8) is 0 Å². The van der Waals surface area contributed by atoms with Crippen molar-refractivity contribution in [2.24, 2.45) is 0 Å². The number of halogens is 1. The second kappa shape index (κ2) is 5.77. The number of anilines is 1. The Morgan fingerprint density at radius 2 is 1.95 bits per heavy atom. The van der Waals surface area contributed by atoms with E-state index in [0.29, 0.717) is 10.6 Å². The molecule has 0 atom stereocenters. The Labute approximate surface area is 118 Å². The molecular formula is C16H15ClN2. The van der Waals surface area contributed by atoms with Crippen LogP contribution >= 0.6 is 11.6 Å². The van der Waals surface area contributed by atoms with Crippen LogP contribution in [-0.4, -0.2) is 0 Å². The lowest BCUT2D eigenvalue weighted by molar-refractivity contribution is 1.11. The van der Waals surface area contributed by atoms with Crippen LogP contribution in [0.3, 0.4) is 0 Å². The first-order chi connectivity index (χ1) is 9.10. The molecule has 0 saturated heterocycles.